The van der Waals surface area contributed by atoms with E-state index in [0.29, 0.717) is 6.54 Å². The standard InChI is InChI=1S/C20H18N4O/c1-14-21-7-8-24(14)13-19-10-18(12-22-23-19)16-4-3-15-5-6-20(25-2)11-17(15)9-16/h3-12H,13H2,1-2H3. The maximum absolute atomic E-state index is 5.33. The first-order valence-electron chi connectivity index (χ1n) is 8.10. The van der Waals surface area contributed by atoms with Gasteiger partial charge in [-0.1, -0.05) is 18.2 Å². The first kappa shape index (κ1) is 15.3. The minimum absolute atomic E-state index is 0.661. The minimum atomic E-state index is 0.661. The van der Waals surface area contributed by atoms with Crippen LogP contribution in [0.3, 0.4) is 0 Å². The van der Waals surface area contributed by atoms with Crippen molar-refractivity contribution in [3.63, 3.8) is 0 Å². The summed E-state index contributed by atoms with van der Waals surface area (Å²) in [7, 11) is 1.68. The van der Waals surface area contributed by atoms with Gasteiger partial charge in [0.15, 0.2) is 0 Å². The molecule has 2 aromatic heterocycles. The van der Waals surface area contributed by atoms with Crippen LogP contribution in [0.15, 0.2) is 61.1 Å². The Morgan fingerprint density at radius 3 is 2.68 bits per heavy atom. The number of hydrogen-bond donors (Lipinski definition) is 0. The molecule has 124 valence electrons. The van der Waals surface area contributed by atoms with E-state index in [1.165, 1.54) is 5.39 Å². The molecule has 2 aromatic carbocycles. The third-order valence-corrected chi connectivity index (χ3v) is 4.34. The van der Waals surface area contributed by atoms with Gasteiger partial charge < -0.3 is 9.30 Å². The molecule has 0 atom stereocenters. The highest BCUT2D eigenvalue weighted by Crippen LogP contribution is 2.27. The lowest BCUT2D eigenvalue weighted by molar-refractivity contribution is 0.415. The van der Waals surface area contributed by atoms with Crippen LogP contribution in [0.5, 0.6) is 5.75 Å². The van der Waals surface area contributed by atoms with Crippen LogP contribution in [0.2, 0.25) is 0 Å². The number of fused-ring (bicyclic) bond motifs is 1. The van der Waals surface area contributed by atoms with Crippen LogP contribution in [0, 0.1) is 6.92 Å². The van der Waals surface area contributed by atoms with Crippen molar-refractivity contribution in [2.24, 2.45) is 0 Å². The fourth-order valence-electron chi connectivity index (χ4n) is 2.92. The van der Waals surface area contributed by atoms with Gasteiger partial charge in [-0.15, -0.1) is 0 Å². The number of methoxy groups -OCH3 is 1. The number of imidazole rings is 1. The number of aryl methyl sites for hydroxylation is 1. The molecule has 0 fully saturated rings. The van der Waals surface area contributed by atoms with Crippen molar-refractivity contribution < 1.29 is 4.74 Å². The molecule has 4 aromatic rings. The molecule has 0 bridgehead atoms. The average Bonchev–Trinajstić information content (AvgIpc) is 3.05. The predicted octanol–water partition coefficient (Wildman–Crippen LogP) is 3.86. The Labute approximate surface area is 145 Å². The zero-order valence-electron chi connectivity index (χ0n) is 14.2. The molecular formula is C20H18N4O. The van der Waals surface area contributed by atoms with Crippen molar-refractivity contribution >= 4 is 10.8 Å². The van der Waals surface area contributed by atoms with Gasteiger partial charge in [-0.25, -0.2) is 4.98 Å². The summed E-state index contributed by atoms with van der Waals surface area (Å²) < 4.78 is 7.38. The molecule has 0 amide bonds. The lowest BCUT2D eigenvalue weighted by atomic mass is 10.0. The summed E-state index contributed by atoms with van der Waals surface area (Å²) in [6.07, 6.45) is 5.54. The van der Waals surface area contributed by atoms with Gasteiger partial charge >= 0.3 is 0 Å². The number of rotatable bonds is 4. The number of benzene rings is 2. The molecule has 0 saturated carbocycles. The Morgan fingerprint density at radius 1 is 1.00 bits per heavy atom. The van der Waals surface area contributed by atoms with E-state index >= 15 is 0 Å². The topological polar surface area (TPSA) is 52.8 Å². The molecule has 0 N–H and O–H groups in total. The molecule has 0 aliphatic heterocycles. The molecule has 2 heterocycles. The normalized spacial score (nSPS) is 11.0. The summed E-state index contributed by atoms with van der Waals surface area (Å²) >= 11 is 0. The van der Waals surface area contributed by atoms with E-state index in [4.69, 9.17) is 4.74 Å². The summed E-state index contributed by atoms with van der Waals surface area (Å²) in [5, 5.41) is 10.7. The van der Waals surface area contributed by atoms with E-state index < -0.39 is 0 Å². The van der Waals surface area contributed by atoms with Crippen molar-refractivity contribution in [1.82, 2.24) is 19.7 Å². The van der Waals surface area contributed by atoms with E-state index in [1.807, 2.05) is 25.3 Å². The summed E-state index contributed by atoms with van der Waals surface area (Å²) in [5.74, 6) is 1.82. The molecular weight excluding hydrogens is 312 g/mol. The van der Waals surface area contributed by atoms with Crippen LogP contribution >= 0.6 is 0 Å². The van der Waals surface area contributed by atoms with Gasteiger partial charge in [0.05, 0.1) is 25.5 Å². The van der Waals surface area contributed by atoms with Gasteiger partial charge in [0.25, 0.3) is 0 Å². The summed E-state index contributed by atoms with van der Waals surface area (Å²) in [6.45, 7) is 2.64. The SMILES string of the molecule is COc1ccc2ccc(-c3cnnc(Cn4ccnc4C)c3)cc2c1. The van der Waals surface area contributed by atoms with Gasteiger partial charge in [0.2, 0.25) is 0 Å². The van der Waals surface area contributed by atoms with E-state index in [2.05, 4.69) is 50.1 Å². The predicted molar refractivity (Wildman–Crippen MR) is 97.6 cm³/mol. The molecule has 25 heavy (non-hydrogen) atoms. The third-order valence-electron chi connectivity index (χ3n) is 4.34. The first-order chi connectivity index (χ1) is 12.2. The van der Waals surface area contributed by atoms with Crippen LogP contribution in [-0.2, 0) is 6.54 Å². The zero-order chi connectivity index (χ0) is 17.2. The summed E-state index contributed by atoms with van der Waals surface area (Å²) in [6, 6.07) is 14.5. The number of nitrogens with zero attached hydrogens (tertiary/aromatic N) is 4. The molecule has 5 nitrogen and oxygen atoms in total. The summed E-state index contributed by atoms with van der Waals surface area (Å²) in [5.41, 5.74) is 3.07. The van der Waals surface area contributed by atoms with Crippen molar-refractivity contribution in [1.29, 1.82) is 0 Å². The number of ether oxygens (including phenoxy) is 1. The number of hydrogen-bond acceptors (Lipinski definition) is 4. The van der Waals surface area contributed by atoms with Gasteiger partial charge in [-0.3, -0.25) is 0 Å². The van der Waals surface area contributed by atoms with Crippen molar-refractivity contribution in [3.05, 3.63) is 72.6 Å². The van der Waals surface area contributed by atoms with Crippen molar-refractivity contribution in [2.75, 3.05) is 7.11 Å². The third kappa shape index (κ3) is 3.08. The Bertz CT molecular complexity index is 1040. The Balaban J connectivity index is 1.70. The van der Waals surface area contributed by atoms with Crippen LogP contribution in [0.1, 0.15) is 11.5 Å². The van der Waals surface area contributed by atoms with Crippen LogP contribution < -0.4 is 4.74 Å². The highest BCUT2D eigenvalue weighted by Gasteiger charge is 2.06. The zero-order valence-corrected chi connectivity index (χ0v) is 14.2. The Morgan fingerprint density at radius 2 is 1.88 bits per heavy atom. The number of aromatic nitrogens is 4. The molecule has 0 saturated heterocycles. The Kier molecular flexibility index (Phi) is 3.90. The van der Waals surface area contributed by atoms with Crippen molar-refractivity contribution in [2.45, 2.75) is 13.5 Å². The Hall–Kier alpha value is -3.21. The quantitative estimate of drug-likeness (QED) is 0.570. The maximum atomic E-state index is 5.33. The molecule has 4 rings (SSSR count). The fraction of sp³-hybridized carbons (Fsp3) is 0.150. The van der Waals surface area contributed by atoms with E-state index in [-0.39, 0.29) is 0 Å². The van der Waals surface area contributed by atoms with Crippen molar-refractivity contribution in [3.8, 4) is 16.9 Å². The molecule has 0 spiro atoms. The van der Waals surface area contributed by atoms with E-state index in [1.54, 1.807) is 19.5 Å². The maximum Gasteiger partial charge on any atom is 0.119 e. The molecule has 0 unspecified atom stereocenters. The fourth-order valence-corrected chi connectivity index (χ4v) is 2.92. The van der Waals surface area contributed by atoms with Gasteiger partial charge in [-0.2, -0.15) is 10.2 Å². The molecule has 5 heteroatoms. The summed E-state index contributed by atoms with van der Waals surface area (Å²) in [4.78, 5) is 4.25. The second kappa shape index (κ2) is 6.36. The average molecular weight is 330 g/mol. The van der Waals surface area contributed by atoms with Gasteiger partial charge in [0.1, 0.15) is 11.6 Å². The monoisotopic (exact) mass is 330 g/mol. The molecule has 0 radical (unpaired) electrons. The minimum Gasteiger partial charge on any atom is -0.497 e. The lowest BCUT2D eigenvalue weighted by Crippen LogP contribution is -2.04. The highest BCUT2D eigenvalue weighted by atomic mass is 16.5. The van der Waals surface area contributed by atoms with Gasteiger partial charge in [0, 0.05) is 18.0 Å². The van der Waals surface area contributed by atoms with Crippen LogP contribution in [0.4, 0.5) is 0 Å². The van der Waals surface area contributed by atoms with E-state index in [9.17, 15) is 0 Å². The largest absolute Gasteiger partial charge is 0.497 e. The van der Waals surface area contributed by atoms with Crippen LogP contribution in [0.25, 0.3) is 21.9 Å². The smallest absolute Gasteiger partial charge is 0.119 e. The second-order valence-corrected chi connectivity index (χ2v) is 5.97. The lowest BCUT2D eigenvalue weighted by Gasteiger charge is -2.08. The van der Waals surface area contributed by atoms with E-state index in [0.717, 1.165) is 33.8 Å². The molecule has 0 aliphatic rings. The highest BCUT2D eigenvalue weighted by molar-refractivity contribution is 5.88. The second-order valence-electron chi connectivity index (χ2n) is 5.97. The molecule has 0 aliphatic carbocycles. The van der Waals surface area contributed by atoms with Gasteiger partial charge in [-0.05, 0) is 47.5 Å². The van der Waals surface area contributed by atoms with Crippen LogP contribution in [-0.4, -0.2) is 26.9 Å². The first-order valence-corrected chi connectivity index (χ1v) is 8.10.